The Hall–Kier alpha value is -0.440. The Kier molecular flexibility index (Phi) is 5.39. The van der Waals surface area contributed by atoms with Gasteiger partial charge in [-0.15, -0.1) is 0 Å². The summed E-state index contributed by atoms with van der Waals surface area (Å²) < 4.78 is 5.56. The molecule has 16 heavy (non-hydrogen) atoms. The van der Waals surface area contributed by atoms with Crippen LogP contribution >= 0.6 is 23.2 Å². The summed E-state index contributed by atoms with van der Waals surface area (Å²) in [5, 5.41) is 4.24. The number of hydrogen-bond donors (Lipinski definition) is 1. The van der Waals surface area contributed by atoms with Crippen LogP contribution in [0.15, 0.2) is 12.1 Å². The molecule has 0 aliphatic heterocycles. The van der Waals surface area contributed by atoms with Crippen LogP contribution in [0.1, 0.15) is 19.4 Å². The van der Waals surface area contributed by atoms with Crippen LogP contribution in [0.5, 0.6) is 5.75 Å². The van der Waals surface area contributed by atoms with Crippen LogP contribution in [0.2, 0.25) is 10.0 Å². The number of halogens is 2. The van der Waals surface area contributed by atoms with Gasteiger partial charge in [-0.25, -0.2) is 0 Å². The fourth-order valence-electron chi connectivity index (χ4n) is 1.37. The highest BCUT2D eigenvalue weighted by molar-refractivity contribution is 6.37. The number of nitrogens with one attached hydrogen (secondary N) is 1. The summed E-state index contributed by atoms with van der Waals surface area (Å²) in [6.07, 6.45) is 0.968. The molecule has 2 nitrogen and oxygen atoms in total. The molecule has 0 radical (unpaired) electrons. The molecular weight excluding hydrogens is 245 g/mol. The summed E-state index contributed by atoms with van der Waals surface area (Å²) in [7, 11) is 1.92. The lowest BCUT2D eigenvalue weighted by Crippen LogP contribution is -2.11. The third-order valence-electron chi connectivity index (χ3n) is 2.08. The van der Waals surface area contributed by atoms with E-state index in [0.717, 1.165) is 18.5 Å². The van der Waals surface area contributed by atoms with Crippen molar-refractivity contribution in [1.29, 1.82) is 0 Å². The lowest BCUT2D eigenvalue weighted by molar-refractivity contribution is 0.242. The Balaban J connectivity index is 2.89. The minimum atomic E-state index is 0.0677. The SMILES string of the molecule is CNCCc1cc(Cl)c(OC(C)C)c(Cl)c1. The van der Waals surface area contributed by atoms with Gasteiger partial charge in [0, 0.05) is 0 Å². The van der Waals surface area contributed by atoms with E-state index in [1.165, 1.54) is 0 Å². The lowest BCUT2D eigenvalue weighted by Gasteiger charge is -2.14. The number of rotatable bonds is 5. The van der Waals surface area contributed by atoms with Crippen molar-refractivity contribution in [3.63, 3.8) is 0 Å². The van der Waals surface area contributed by atoms with E-state index in [4.69, 9.17) is 27.9 Å². The first-order chi connectivity index (χ1) is 7.54. The van der Waals surface area contributed by atoms with Crippen LogP contribution < -0.4 is 10.1 Å². The van der Waals surface area contributed by atoms with Gasteiger partial charge < -0.3 is 10.1 Å². The number of benzene rings is 1. The molecule has 0 aromatic heterocycles. The fourth-order valence-corrected chi connectivity index (χ4v) is 2.00. The van der Waals surface area contributed by atoms with Gasteiger partial charge in [-0.2, -0.15) is 0 Å². The lowest BCUT2D eigenvalue weighted by atomic mass is 10.1. The second-order valence-electron chi connectivity index (χ2n) is 3.91. The maximum Gasteiger partial charge on any atom is 0.156 e. The summed E-state index contributed by atoms with van der Waals surface area (Å²) in [6, 6.07) is 3.81. The topological polar surface area (TPSA) is 21.3 Å². The Morgan fingerprint density at radius 2 is 1.81 bits per heavy atom. The molecule has 1 aromatic rings. The molecule has 4 heteroatoms. The van der Waals surface area contributed by atoms with Gasteiger partial charge in [0.2, 0.25) is 0 Å². The van der Waals surface area contributed by atoms with Gasteiger partial charge in [0.25, 0.3) is 0 Å². The molecule has 0 bridgehead atoms. The zero-order valence-corrected chi connectivity index (χ0v) is 11.3. The second-order valence-corrected chi connectivity index (χ2v) is 4.72. The van der Waals surface area contributed by atoms with Crippen molar-refractivity contribution in [2.75, 3.05) is 13.6 Å². The van der Waals surface area contributed by atoms with Crippen molar-refractivity contribution in [2.45, 2.75) is 26.4 Å². The minimum Gasteiger partial charge on any atom is -0.488 e. The molecule has 0 aliphatic rings. The smallest absolute Gasteiger partial charge is 0.156 e. The highest BCUT2D eigenvalue weighted by Crippen LogP contribution is 2.34. The highest BCUT2D eigenvalue weighted by atomic mass is 35.5. The number of likely N-dealkylation sites (N-methyl/N-ethyl adjacent to an activating group) is 1. The molecule has 1 aromatic carbocycles. The standard InChI is InChI=1S/C12H17Cl2NO/c1-8(2)16-12-10(13)6-9(4-5-15-3)7-11(12)14/h6-8,15H,4-5H2,1-3H3. The Bertz CT molecular complexity index is 330. The molecule has 1 rings (SSSR count). The highest BCUT2D eigenvalue weighted by Gasteiger charge is 2.10. The molecule has 0 amide bonds. The maximum atomic E-state index is 6.13. The average Bonchev–Trinajstić information content (AvgIpc) is 2.20. The predicted octanol–water partition coefficient (Wildman–Crippen LogP) is 3.54. The van der Waals surface area contributed by atoms with Gasteiger partial charge in [-0.3, -0.25) is 0 Å². The van der Waals surface area contributed by atoms with Gasteiger partial charge in [0.05, 0.1) is 16.1 Å². The first-order valence-electron chi connectivity index (χ1n) is 5.33. The zero-order valence-electron chi connectivity index (χ0n) is 9.81. The molecule has 0 spiro atoms. The first kappa shape index (κ1) is 13.6. The predicted molar refractivity (Wildman–Crippen MR) is 69.9 cm³/mol. The van der Waals surface area contributed by atoms with E-state index in [2.05, 4.69) is 5.32 Å². The molecule has 0 aliphatic carbocycles. The molecule has 0 unspecified atom stereocenters. The minimum absolute atomic E-state index is 0.0677. The normalized spacial score (nSPS) is 10.9. The van der Waals surface area contributed by atoms with Gasteiger partial charge in [-0.1, -0.05) is 23.2 Å². The Morgan fingerprint density at radius 3 is 2.25 bits per heavy atom. The fraction of sp³-hybridized carbons (Fsp3) is 0.500. The van der Waals surface area contributed by atoms with Crippen LogP contribution in [-0.4, -0.2) is 19.7 Å². The van der Waals surface area contributed by atoms with Crippen molar-refractivity contribution < 1.29 is 4.74 Å². The monoisotopic (exact) mass is 261 g/mol. The molecule has 1 N–H and O–H groups in total. The van der Waals surface area contributed by atoms with Gasteiger partial charge in [0.1, 0.15) is 0 Å². The van der Waals surface area contributed by atoms with E-state index in [9.17, 15) is 0 Å². The molecule has 0 saturated carbocycles. The summed E-state index contributed by atoms with van der Waals surface area (Å²) in [4.78, 5) is 0. The molecule has 0 fully saturated rings. The van der Waals surface area contributed by atoms with E-state index in [1.54, 1.807) is 0 Å². The van der Waals surface area contributed by atoms with Crippen LogP contribution in [-0.2, 0) is 6.42 Å². The Labute approximate surface area is 107 Å². The molecule has 90 valence electrons. The summed E-state index contributed by atoms with van der Waals surface area (Å²) in [5.41, 5.74) is 1.11. The van der Waals surface area contributed by atoms with E-state index in [1.807, 2.05) is 33.0 Å². The van der Waals surface area contributed by atoms with Crippen LogP contribution in [0.3, 0.4) is 0 Å². The van der Waals surface area contributed by atoms with Crippen molar-refractivity contribution in [3.8, 4) is 5.75 Å². The summed E-state index contributed by atoms with van der Waals surface area (Å²) in [5.74, 6) is 0.576. The van der Waals surface area contributed by atoms with E-state index in [-0.39, 0.29) is 6.10 Å². The zero-order chi connectivity index (χ0) is 12.1. The molecule has 0 saturated heterocycles. The van der Waals surface area contributed by atoms with Crippen molar-refractivity contribution >= 4 is 23.2 Å². The van der Waals surface area contributed by atoms with Crippen molar-refractivity contribution in [3.05, 3.63) is 27.7 Å². The number of hydrogen-bond acceptors (Lipinski definition) is 2. The van der Waals surface area contributed by atoms with Gasteiger partial charge in [-0.05, 0) is 51.6 Å². The van der Waals surface area contributed by atoms with Gasteiger partial charge >= 0.3 is 0 Å². The molecule has 0 atom stereocenters. The summed E-state index contributed by atoms with van der Waals surface area (Å²) in [6.45, 7) is 4.79. The van der Waals surface area contributed by atoms with Gasteiger partial charge in [0.15, 0.2) is 5.75 Å². The molecular formula is C12H17Cl2NO. The van der Waals surface area contributed by atoms with E-state index in [0.29, 0.717) is 15.8 Å². The third kappa shape index (κ3) is 3.85. The third-order valence-corrected chi connectivity index (χ3v) is 2.64. The van der Waals surface area contributed by atoms with Crippen molar-refractivity contribution in [2.24, 2.45) is 0 Å². The summed E-state index contributed by atoms with van der Waals surface area (Å²) >= 11 is 12.3. The second kappa shape index (κ2) is 6.33. The quantitative estimate of drug-likeness (QED) is 0.876. The number of ether oxygens (including phenoxy) is 1. The van der Waals surface area contributed by atoms with Crippen LogP contribution in [0, 0.1) is 0 Å². The Morgan fingerprint density at radius 1 is 1.25 bits per heavy atom. The van der Waals surface area contributed by atoms with Crippen LogP contribution in [0.4, 0.5) is 0 Å². The van der Waals surface area contributed by atoms with Crippen LogP contribution in [0.25, 0.3) is 0 Å². The molecule has 0 heterocycles. The largest absolute Gasteiger partial charge is 0.488 e. The van der Waals surface area contributed by atoms with E-state index >= 15 is 0 Å². The van der Waals surface area contributed by atoms with E-state index < -0.39 is 0 Å². The first-order valence-corrected chi connectivity index (χ1v) is 6.09. The maximum absolute atomic E-state index is 6.13. The van der Waals surface area contributed by atoms with Crippen molar-refractivity contribution in [1.82, 2.24) is 5.32 Å². The average molecular weight is 262 g/mol.